The fourth-order valence-electron chi connectivity index (χ4n) is 2.48. The quantitative estimate of drug-likeness (QED) is 0.860. The fourth-order valence-corrected chi connectivity index (χ4v) is 2.48. The van der Waals surface area contributed by atoms with E-state index in [2.05, 4.69) is 4.98 Å². The number of nitrogens with zero attached hydrogens (tertiary/aromatic N) is 2. The van der Waals surface area contributed by atoms with E-state index in [-0.39, 0.29) is 18.2 Å². The topological polar surface area (TPSA) is 72.2 Å². The lowest BCUT2D eigenvalue weighted by molar-refractivity contribution is -0.136. The molecule has 0 amide bonds. The summed E-state index contributed by atoms with van der Waals surface area (Å²) in [6.45, 7) is 0. The third kappa shape index (κ3) is 2.72. The Balaban J connectivity index is 2.35. The van der Waals surface area contributed by atoms with Crippen molar-refractivity contribution >= 4 is 5.97 Å². The van der Waals surface area contributed by atoms with E-state index in [9.17, 15) is 9.59 Å². The first-order valence-corrected chi connectivity index (χ1v) is 5.96. The van der Waals surface area contributed by atoms with Gasteiger partial charge < -0.3 is 5.11 Å². The van der Waals surface area contributed by atoms with E-state index in [0.717, 1.165) is 25.7 Å². The summed E-state index contributed by atoms with van der Waals surface area (Å²) in [6, 6.07) is 1.75. The van der Waals surface area contributed by atoms with Crippen LogP contribution in [0.25, 0.3) is 0 Å². The predicted octanol–water partition coefficient (Wildman–Crippen LogP) is 1.38. The van der Waals surface area contributed by atoms with Gasteiger partial charge in [0.05, 0.1) is 6.42 Å². The van der Waals surface area contributed by atoms with Gasteiger partial charge in [0.1, 0.15) is 0 Å². The van der Waals surface area contributed by atoms with Crippen LogP contribution in [0, 0.1) is 0 Å². The number of carboxylic acids is 1. The van der Waals surface area contributed by atoms with Crippen molar-refractivity contribution in [1.82, 2.24) is 9.55 Å². The van der Waals surface area contributed by atoms with Gasteiger partial charge >= 0.3 is 11.7 Å². The number of carboxylic acid groups (broad SMARTS) is 1. The van der Waals surface area contributed by atoms with Crippen LogP contribution >= 0.6 is 0 Å². The molecule has 1 aliphatic rings. The Labute approximate surface area is 99.1 Å². The molecule has 17 heavy (non-hydrogen) atoms. The van der Waals surface area contributed by atoms with Crippen molar-refractivity contribution in [2.24, 2.45) is 0 Å². The van der Waals surface area contributed by atoms with Gasteiger partial charge in [-0.1, -0.05) is 19.3 Å². The molecule has 1 saturated carbocycles. The molecule has 1 heterocycles. The van der Waals surface area contributed by atoms with Gasteiger partial charge in [-0.15, -0.1) is 0 Å². The zero-order chi connectivity index (χ0) is 12.3. The normalized spacial score (nSPS) is 16.9. The molecule has 0 radical (unpaired) electrons. The van der Waals surface area contributed by atoms with Gasteiger partial charge in [0.15, 0.2) is 0 Å². The minimum atomic E-state index is -0.917. The Morgan fingerprint density at radius 2 is 2.12 bits per heavy atom. The van der Waals surface area contributed by atoms with Crippen molar-refractivity contribution in [3.05, 3.63) is 28.4 Å². The summed E-state index contributed by atoms with van der Waals surface area (Å²) < 4.78 is 1.58. The van der Waals surface area contributed by atoms with Crippen LogP contribution in [-0.4, -0.2) is 20.6 Å². The van der Waals surface area contributed by atoms with E-state index < -0.39 is 5.97 Å². The summed E-state index contributed by atoms with van der Waals surface area (Å²) in [5.74, 6) is -0.917. The lowest BCUT2D eigenvalue weighted by Crippen LogP contribution is -2.31. The van der Waals surface area contributed by atoms with Gasteiger partial charge in [-0.3, -0.25) is 9.36 Å². The average Bonchev–Trinajstić information content (AvgIpc) is 2.29. The SMILES string of the molecule is O=C(O)Cc1ccnc(=O)n1C1CCCCC1. The molecule has 0 saturated heterocycles. The molecule has 0 aliphatic heterocycles. The smallest absolute Gasteiger partial charge is 0.347 e. The number of aliphatic carboxylic acids is 1. The van der Waals surface area contributed by atoms with Gasteiger partial charge in [-0.05, 0) is 18.9 Å². The highest BCUT2D eigenvalue weighted by molar-refractivity contribution is 5.69. The molecule has 0 unspecified atom stereocenters. The number of hydrogen-bond donors (Lipinski definition) is 1. The summed E-state index contributed by atoms with van der Waals surface area (Å²) >= 11 is 0. The highest BCUT2D eigenvalue weighted by atomic mass is 16.4. The highest BCUT2D eigenvalue weighted by Gasteiger charge is 2.20. The van der Waals surface area contributed by atoms with E-state index in [1.807, 2.05) is 0 Å². The molecule has 1 N–H and O–H groups in total. The molecule has 2 rings (SSSR count). The Morgan fingerprint density at radius 1 is 1.41 bits per heavy atom. The first-order valence-electron chi connectivity index (χ1n) is 5.96. The molecule has 0 aromatic carbocycles. The Morgan fingerprint density at radius 3 is 2.76 bits per heavy atom. The summed E-state index contributed by atoms with van der Waals surface area (Å²) in [7, 11) is 0. The minimum Gasteiger partial charge on any atom is -0.481 e. The van der Waals surface area contributed by atoms with Crippen molar-refractivity contribution in [3.8, 4) is 0 Å². The Bertz CT molecular complexity index is 461. The zero-order valence-electron chi connectivity index (χ0n) is 9.63. The summed E-state index contributed by atoms with van der Waals surface area (Å²) in [6.07, 6.45) is 6.54. The predicted molar refractivity (Wildman–Crippen MR) is 62.0 cm³/mol. The second-order valence-corrected chi connectivity index (χ2v) is 4.45. The maximum absolute atomic E-state index is 11.8. The third-order valence-electron chi connectivity index (χ3n) is 3.24. The first kappa shape index (κ1) is 11.8. The van der Waals surface area contributed by atoms with Gasteiger partial charge in [0.2, 0.25) is 0 Å². The van der Waals surface area contributed by atoms with Crippen LogP contribution in [0.2, 0.25) is 0 Å². The standard InChI is InChI=1S/C12H16N2O3/c15-11(16)8-10-6-7-13-12(17)14(10)9-4-2-1-3-5-9/h6-7,9H,1-5,8H2,(H,15,16). The van der Waals surface area contributed by atoms with Crippen LogP contribution in [0.1, 0.15) is 43.8 Å². The van der Waals surface area contributed by atoms with Crippen molar-refractivity contribution in [3.63, 3.8) is 0 Å². The third-order valence-corrected chi connectivity index (χ3v) is 3.24. The van der Waals surface area contributed by atoms with Crippen LogP contribution in [0.15, 0.2) is 17.1 Å². The van der Waals surface area contributed by atoms with E-state index in [1.165, 1.54) is 12.6 Å². The first-order chi connectivity index (χ1) is 8.18. The van der Waals surface area contributed by atoms with Gasteiger partial charge in [0.25, 0.3) is 0 Å². The second-order valence-electron chi connectivity index (χ2n) is 4.45. The lowest BCUT2D eigenvalue weighted by Gasteiger charge is -2.25. The second kappa shape index (κ2) is 5.12. The Hall–Kier alpha value is -1.65. The van der Waals surface area contributed by atoms with Crippen LogP contribution in [0.4, 0.5) is 0 Å². The highest BCUT2D eigenvalue weighted by Crippen LogP contribution is 2.27. The molecule has 5 heteroatoms. The monoisotopic (exact) mass is 236 g/mol. The number of carbonyl (C=O) groups is 1. The van der Waals surface area contributed by atoms with E-state index in [0.29, 0.717) is 5.69 Å². The molecule has 1 aliphatic carbocycles. The molecular formula is C12H16N2O3. The van der Waals surface area contributed by atoms with Crippen molar-refractivity contribution < 1.29 is 9.90 Å². The molecule has 0 atom stereocenters. The summed E-state index contributed by atoms with van der Waals surface area (Å²) in [4.78, 5) is 26.3. The van der Waals surface area contributed by atoms with E-state index >= 15 is 0 Å². The van der Waals surface area contributed by atoms with Crippen LogP contribution < -0.4 is 5.69 Å². The fraction of sp³-hybridized carbons (Fsp3) is 0.583. The number of rotatable bonds is 3. The van der Waals surface area contributed by atoms with Crippen LogP contribution in [-0.2, 0) is 11.2 Å². The van der Waals surface area contributed by atoms with E-state index in [1.54, 1.807) is 10.6 Å². The molecule has 1 aromatic heterocycles. The molecular weight excluding hydrogens is 220 g/mol. The maximum Gasteiger partial charge on any atom is 0.347 e. The van der Waals surface area contributed by atoms with E-state index in [4.69, 9.17) is 5.11 Å². The van der Waals surface area contributed by atoms with Crippen LogP contribution in [0.5, 0.6) is 0 Å². The van der Waals surface area contributed by atoms with Gasteiger partial charge in [-0.2, -0.15) is 0 Å². The average molecular weight is 236 g/mol. The molecule has 1 aromatic rings. The number of aromatic nitrogens is 2. The van der Waals surface area contributed by atoms with Crippen molar-refractivity contribution in [2.45, 2.75) is 44.6 Å². The molecule has 1 fully saturated rings. The minimum absolute atomic E-state index is 0.117. The summed E-state index contributed by atoms with van der Waals surface area (Å²) in [5, 5.41) is 8.84. The van der Waals surface area contributed by atoms with Gasteiger partial charge in [-0.25, -0.2) is 9.78 Å². The number of hydrogen-bond acceptors (Lipinski definition) is 3. The maximum atomic E-state index is 11.8. The molecule has 0 bridgehead atoms. The Kier molecular flexibility index (Phi) is 3.56. The van der Waals surface area contributed by atoms with Crippen molar-refractivity contribution in [2.75, 3.05) is 0 Å². The van der Waals surface area contributed by atoms with Crippen molar-refractivity contribution in [1.29, 1.82) is 0 Å². The van der Waals surface area contributed by atoms with Crippen LogP contribution in [0.3, 0.4) is 0 Å². The summed E-state index contributed by atoms with van der Waals surface area (Å²) in [5.41, 5.74) is 0.236. The largest absolute Gasteiger partial charge is 0.481 e. The molecule has 0 spiro atoms. The van der Waals surface area contributed by atoms with Gasteiger partial charge in [0, 0.05) is 17.9 Å². The lowest BCUT2D eigenvalue weighted by atomic mass is 9.95. The zero-order valence-corrected chi connectivity index (χ0v) is 9.63. The molecule has 5 nitrogen and oxygen atoms in total. The molecule has 92 valence electrons.